The number of hydrogen-bond donors (Lipinski definition) is 1. The second kappa shape index (κ2) is 9.81. The van der Waals surface area contributed by atoms with E-state index in [1.165, 1.54) is 16.9 Å². The van der Waals surface area contributed by atoms with Crippen LogP contribution in [0.5, 0.6) is 11.5 Å². The van der Waals surface area contributed by atoms with Crippen LogP contribution in [-0.4, -0.2) is 35.8 Å². The van der Waals surface area contributed by atoms with E-state index < -0.39 is 35.0 Å². The number of carbonyl (C=O) groups is 4. The zero-order valence-electron chi connectivity index (χ0n) is 23.6. The summed E-state index contributed by atoms with van der Waals surface area (Å²) in [5.41, 5.74) is 1.19. The number of allylic oxidation sites excluding steroid dienone is 2. The second-order valence-corrected chi connectivity index (χ2v) is 12.3. The van der Waals surface area contributed by atoms with Crippen molar-refractivity contribution in [2.75, 3.05) is 16.9 Å². The first kappa shape index (κ1) is 27.4. The van der Waals surface area contributed by atoms with Crippen LogP contribution in [0.2, 0.25) is 5.02 Å². The van der Waals surface area contributed by atoms with Gasteiger partial charge in [0.05, 0.1) is 46.7 Å². The summed E-state index contributed by atoms with van der Waals surface area (Å²) in [5.74, 6) is -4.45. The van der Waals surface area contributed by atoms with E-state index in [0.717, 1.165) is 5.57 Å². The van der Waals surface area contributed by atoms with Gasteiger partial charge < -0.3 is 9.84 Å². The molecular formula is C34H29ClN2O6. The molecule has 4 aliphatic rings. The predicted molar refractivity (Wildman–Crippen MR) is 160 cm³/mol. The van der Waals surface area contributed by atoms with Crippen LogP contribution in [-0.2, 0) is 19.2 Å². The number of imide groups is 2. The van der Waals surface area contributed by atoms with Gasteiger partial charge in [0.15, 0.2) is 11.5 Å². The van der Waals surface area contributed by atoms with Crippen LogP contribution in [0.15, 0.2) is 84.4 Å². The maximum atomic E-state index is 14.5. The quantitative estimate of drug-likeness (QED) is 0.316. The van der Waals surface area contributed by atoms with E-state index in [-0.39, 0.29) is 46.6 Å². The van der Waals surface area contributed by atoms with E-state index >= 15 is 0 Å². The number of methoxy groups -OCH3 is 1. The lowest BCUT2D eigenvalue weighted by Crippen LogP contribution is -2.48. The molecule has 43 heavy (non-hydrogen) atoms. The molecule has 4 amide bonds. The molecule has 3 aromatic rings. The molecule has 9 heteroatoms. The SMILES string of the molecule is COc1cc([C@H]2C3=CC[C@@H]4C(=O)N(c5ccccc5)C(=O)[C@@H]4[C@@H]3C[C@H]3C(=O)N(c4ccccc4)C(=O)[C@@]23C)cc(Cl)c1O. The molecule has 1 N–H and O–H groups in total. The fourth-order valence-electron chi connectivity index (χ4n) is 7.97. The van der Waals surface area contributed by atoms with Crippen molar-refractivity contribution in [1.29, 1.82) is 0 Å². The van der Waals surface area contributed by atoms with Crippen molar-refractivity contribution < 1.29 is 29.0 Å². The number of fused-ring (bicyclic) bond motifs is 4. The Bertz CT molecular complexity index is 1720. The molecule has 2 aliphatic heterocycles. The fourth-order valence-corrected chi connectivity index (χ4v) is 8.19. The third-order valence-corrected chi connectivity index (χ3v) is 10.2. The first-order chi connectivity index (χ1) is 20.7. The number of aromatic hydroxyl groups is 1. The van der Waals surface area contributed by atoms with Crippen LogP contribution in [0.3, 0.4) is 0 Å². The molecule has 3 fully saturated rings. The second-order valence-electron chi connectivity index (χ2n) is 11.9. The van der Waals surface area contributed by atoms with Gasteiger partial charge in [0.2, 0.25) is 23.6 Å². The largest absolute Gasteiger partial charge is 0.503 e. The molecule has 0 spiro atoms. The van der Waals surface area contributed by atoms with Crippen molar-refractivity contribution >= 4 is 46.6 Å². The molecule has 2 heterocycles. The van der Waals surface area contributed by atoms with Gasteiger partial charge in [0.1, 0.15) is 0 Å². The van der Waals surface area contributed by atoms with Crippen LogP contribution in [0, 0.1) is 29.1 Å². The average Bonchev–Trinajstić information content (AvgIpc) is 3.38. The van der Waals surface area contributed by atoms with Crippen LogP contribution >= 0.6 is 11.6 Å². The molecule has 0 aromatic heterocycles. The highest BCUT2D eigenvalue weighted by molar-refractivity contribution is 6.32. The number of anilines is 2. The molecule has 2 aliphatic carbocycles. The highest BCUT2D eigenvalue weighted by Gasteiger charge is 2.67. The molecule has 0 radical (unpaired) electrons. The Hall–Kier alpha value is -4.43. The summed E-state index contributed by atoms with van der Waals surface area (Å²) < 4.78 is 5.42. The summed E-state index contributed by atoms with van der Waals surface area (Å²) in [6.45, 7) is 1.81. The lowest BCUT2D eigenvalue weighted by atomic mass is 9.51. The minimum absolute atomic E-state index is 0.0463. The molecule has 3 aromatic carbocycles. The van der Waals surface area contributed by atoms with Gasteiger partial charge in [-0.3, -0.25) is 24.1 Å². The predicted octanol–water partition coefficient (Wildman–Crippen LogP) is 5.49. The summed E-state index contributed by atoms with van der Waals surface area (Å²) in [6, 6.07) is 20.9. The number of benzene rings is 3. The van der Waals surface area contributed by atoms with Crippen LogP contribution < -0.4 is 14.5 Å². The lowest BCUT2D eigenvalue weighted by molar-refractivity contribution is -0.131. The normalized spacial score (nSPS) is 29.7. The maximum Gasteiger partial charge on any atom is 0.241 e. The summed E-state index contributed by atoms with van der Waals surface area (Å²) in [6.07, 6.45) is 2.56. The monoisotopic (exact) mass is 596 g/mol. The van der Waals surface area contributed by atoms with E-state index in [2.05, 4.69) is 0 Å². The lowest BCUT2D eigenvalue weighted by Gasteiger charge is -2.49. The summed E-state index contributed by atoms with van der Waals surface area (Å²) >= 11 is 6.47. The molecule has 0 bridgehead atoms. The molecule has 2 saturated heterocycles. The molecule has 8 nitrogen and oxygen atoms in total. The molecule has 6 atom stereocenters. The Labute approximate surface area is 253 Å². The Balaban J connectivity index is 1.40. The number of halogens is 1. The number of rotatable bonds is 4. The average molecular weight is 597 g/mol. The molecular weight excluding hydrogens is 568 g/mol. The Morgan fingerprint density at radius 3 is 2.12 bits per heavy atom. The minimum Gasteiger partial charge on any atom is -0.503 e. The van der Waals surface area contributed by atoms with Crippen molar-refractivity contribution in [2.24, 2.45) is 29.1 Å². The first-order valence-electron chi connectivity index (χ1n) is 14.3. The smallest absolute Gasteiger partial charge is 0.241 e. The molecule has 0 unspecified atom stereocenters. The molecule has 7 rings (SSSR count). The maximum absolute atomic E-state index is 14.5. The van der Waals surface area contributed by atoms with E-state index in [9.17, 15) is 24.3 Å². The number of ether oxygens (including phenoxy) is 1. The Kier molecular flexibility index (Phi) is 6.25. The first-order valence-corrected chi connectivity index (χ1v) is 14.7. The van der Waals surface area contributed by atoms with Gasteiger partial charge in [-0.15, -0.1) is 0 Å². The van der Waals surface area contributed by atoms with E-state index in [0.29, 0.717) is 23.4 Å². The number of para-hydroxylation sites is 2. The van der Waals surface area contributed by atoms with Gasteiger partial charge in [0.25, 0.3) is 0 Å². The van der Waals surface area contributed by atoms with Crippen LogP contribution in [0.4, 0.5) is 11.4 Å². The summed E-state index contributed by atoms with van der Waals surface area (Å²) in [4.78, 5) is 59.0. The number of hydrogen-bond acceptors (Lipinski definition) is 6. The van der Waals surface area contributed by atoms with Gasteiger partial charge in [-0.05, 0) is 67.6 Å². The fraction of sp³-hybridized carbons (Fsp3) is 0.294. The third kappa shape index (κ3) is 3.75. The van der Waals surface area contributed by atoms with Crippen molar-refractivity contribution in [3.63, 3.8) is 0 Å². The number of nitrogens with zero attached hydrogens (tertiary/aromatic N) is 2. The third-order valence-electron chi connectivity index (χ3n) is 9.91. The van der Waals surface area contributed by atoms with Crippen molar-refractivity contribution in [1.82, 2.24) is 0 Å². The van der Waals surface area contributed by atoms with Crippen LogP contribution in [0.25, 0.3) is 0 Å². The van der Waals surface area contributed by atoms with E-state index in [1.54, 1.807) is 67.6 Å². The molecule has 218 valence electrons. The number of amides is 4. The van der Waals surface area contributed by atoms with Gasteiger partial charge in [0, 0.05) is 5.92 Å². The summed E-state index contributed by atoms with van der Waals surface area (Å²) in [5, 5.41) is 10.6. The van der Waals surface area contributed by atoms with E-state index in [4.69, 9.17) is 16.3 Å². The highest BCUT2D eigenvalue weighted by atomic mass is 35.5. The van der Waals surface area contributed by atoms with Gasteiger partial charge in [-0.2, -0.15) is 0 Å². The number of phenolic OH excluding ortho intramolecular Hbond substituents is 1. The Morgan fingerprint density at radius 2 is 1.49 bits per heavy atom. The van der Waals surface area contributed by atoms with Gasteiger partial charge >= 0.3 is 0 Å². The topological polar surface area (TPSA) is 104 Å². The zero-order chi connectivity index (χ0) is 30.2. The van der Waals surface area contributed by atoms with Crippen molar-refractivity contribution in [3.8, 4) is 11.5 Å². The van der Waals surface area contributed by atoms with Crippen molar-refractivity contribution in [2.45, 2.75) is 25.7 Å². The van der Waals surface area contributed by atoms with E-state index in [1.807, 2.05) is 18.2 Å². The Morgan fingerprint density at radius 1 is 0.860 bits per heavy atom. The zero-order valence-corrected chi connectivity index (χ0v) is 24.3. The summed E-state index contributed by atoms with van der Waals surface area (Å²) in [7, 11) is 1.41. The van der Waals surface area contributed by atoms with Gasteiger partial charge in [-0.25, -0.2) is 4.90 Å². The van der Waals surface area contributed by atoms with Crippen LogP contribution in [0.1, 0.15) is 31.2 Å². The van der Waals surface area contributed by atoms with Crippen molar-refractivity contribution in [3.05, 3.63) is 95.0 Å². The number of phenols is 1. The minimum atomic E-state index is -1.22. The standard InChI is InChI=1S/C34H29ClN2O6/c1-34-24(31(40)37(33(34)42)20-11-7-4-8-12-20)17-23-21(28(34)18-15-25(35)29(38)26(16-18)43-2)13-14-22-27(23)32(41)36(30(22)39)19-9-5-3-6-10-19/h3-13,15-16,22-24,27-28,38H,14,17H2,1-2H3/t22-,23+,24-,27-,28-,34+/m0/s1. The number of carbonyl (C=O) groups excluding carboxylic acids is 4. The van der Waals surface area contributed by atoms with Gasteiger partial charge in [-0.1, -0.05) is 59.6 Å². The molecule has 1 saturated carbocycles. The highest BCUT2D eigenvalue weighted by Crippen LogP contribution is 2.64.